The first-order chi connectivity index (χ1) is 11.5. The number of aryl methyl sites for hydroxylation is 1. The van der Waals surface area contributed by atoms with Gasteiger partial charge in [-0.25, -0.2) is 4.98 Å². The molecule has 2 aromatic carbocycles. The van der Waals surface area contributed by atoms with Gasteiger partial charge in [-0.2, -0.15) is 0 Å². The van der Waals surface area contributed by atoms with Crippen LogP contribution in [0.2, 0.25) is 0 Å². The summed E-state index contributed by atoms with van der Waals surface area (Å²) < 4.78 is 2.14. The van der Waals surface area contributed by atoms with E-state index in [1.807, 2.05) is 24.5 Å². The summed E-state index contributed by atoms with van der Waals surface area (Å²) in [5.41, 5.74) is 3.47. The second kappa shape index (κ2) is 6.89. The van der Waals surface area contributed by atoms with Crippen LogP contribution in [-0.4, -0.2) is 33.7 Å². The second-order valence-electron chi connectivity index (χ2n) is 6.35. The molecule has 0 bridgehead atoms. The van der Waals surface area contributed by atoms with E-state index in [1.165, 1.54) is 11.1 Å². The van der Waals surface area contributed by atoms with Crippen LogP contribution in [0.5, 0.6) is 5.75 Å². The molecule has 0 unspecified atom stereocenters. The van der Waals surface area contributed by atoms with Crippen LogP contribution in [0.3, 0.4) is 0 Å². The molecule has 0 aliphatic carbocycles. The first-order valence-corrected chi connectivity index (χ1v) is 8.08. The van der Waals surface area contributed by atoms with Crippen molar-refractivity contribution >= 4 is 0 Å². The highest BCUT2D eigenvalue weighted by Crippen LogP contribution is 2.26. The molecule has 1 heterocycles. The highest BCUT2D eigenvalue weighted by Gasteiger charge is 2.17. The molecule has 1 N–H and O–H groups in total. The molecule has 0 fully saturated rings. The quantitative estimate of drug-likeness (QED) is 0.775. The summed E-state index contributed by atoms with van der Waals surface area (Å²) in [6, 6.07) is 16.1. The van der Waals surface area contributed by atoms with Crippen LogP contribution in [0.15, 0.2) is 60.9 Å². The zero-order chi connectivity index (χ0) is 17.1. The topological polar surface area (TPSA) is 41.3 Å². The Hall–Kier alpha value is -2.59. The minimum atomic E-state index is 0.246. The maximum absolute atomic E-state index is 9.74. The molecule has 1 atom stereocenters. The lowest BCUT2D eigenvalue weighted by molar-refractivity contribution is 0.269. The Balaban J connectivity index is 1.93. The van der Waals surface area contributed by atoms with Crippen molar-refractivity contribution < 1.29 is 5.11 Å². The number of hydrogen-bond acceptors (Lipinski definition) is 3. The van der Waals surface area contributed by atoms with E-state index in [-0.39, 0.29) is 11.8 Å². The van der Waals surface area contributed by atoms with Gasteiger partial charge in [0.05, 0.1) is 6.04 Å². The second-order valence-corrected chi connectivity index (χ2v) is 6.35. The van der Waals surface area contributed by atoms with Crippen LogP contribution in [0.25, 0.3) is 11.4 Å². The van der Waals surface area contributed by atoms with Gasteiger partial charge in [0.1, 0.15) is 11.6 Å². The summed E-state index contributed by atoms with van der Waals surface area (Å²) >= 11 is 0. The van der Waals surface area contributed by atoms with Crippen molar-refractivity contribution in [3.05, 3.63) is 72.1 Å². The number of rotatable bonds is 5. The van der Waals surface area contributed by atoms with E-state index < -0.39 is 0 Å². The van der Waals surface area contributed by atoms with E-state index in [1.54, 1.807) is 12.1 Å². The first kappa shape index (κ1) is 16.3. The fourth-order valence-corrected chi connectivity index (χ4v) is 2.99. The Morgan fingerprint density at radius 3 is 2.62 bits per heavy atom. The lowest BCUT2D eigenvalue weighted by Crippen LogP contribution is -2.24. The number of aromatic nitrogens is 2. The normalized spacial score (nSPS) is 12.5. The molecule has 124 valence electrons. The van der Waals surface area contributed by atoms with Crippen LogP contribution >= 0.6 is 0 Å². The summed E-state index contributed by atoms with van der Waals surface area (Å²) in [4.78, 5) is 6.71. The smallest absolute Gasteiger partial charge is 0.140 e. The molecule has 4 heteroatoms. The standard InChI is InChI=1S/C20H23N3O/c1-15-6-4-7-16(12-15)19(22(2)3)14-23-11-10-21-20(23)17-8-5-9-18(24)13-17/h4-13,19,24H,14H2,1-3H3/t19-/m1/s1. The summed E-state index contributed by atoms with van der Waals surface area (Å²) in [5.74, 6) is 1.12. The van der Waals surface area contributed by atoms with E-state index in [0.717, 1.165) is 17.9 Å². The molecule has 0 spiro atoms. The Bertz CT molecular complexity index is 823. The fraction of sp³-hybridized carbons (Fsp3) is 0.250. The molecule has 0 radical (unpaired) electrons. The number of benzene rings is 2. The Morgan fingerprint density at radius 2 is 1.92 bits per heavy atom. The lowest BCUT2D eigenvalue weighted by atomic mass is 10.0. The van der Waals surface area contributed by atoms with Gasteiger partial charge in [-0.05, 0) is 38.7 Å². The average Bonchev–Trinajstić information content (AvgIpc) is 3.00. The molecule has 24 heavy (non-hydrogen) atoms. The number of hydrogen-bond donors (Lipinski definition) is 1. The number of phenolic OH excluding ortho intramolecular Hbond substituents is 1. The number of imidazole rings is 1. The van der Waals surface area contributed by atoms with Crippen molar-refractivity contribution in [1.82, 2.24) is 14.5 Å². The molecule has 0 saturated carbocycles. The van der Waals surface area contributed by atoms with Gasteiger partial charge < -0.3 is 14.6 Å². The van der Waals surface area contributed by atoms with Gasteiger partial charge in [0, 0.05) is 24.5 Å². The third-order valence-electron chi connectivity index (χ3n) is 4.24. The summed E-state index contributed by atoms with van der Waals surface area (Å²) in [6.45, 7) is 2.91. The molecule has 4 nitrogen and oxygen atoms in total. The van der Waals surface area contributed by atoms with E-state index in [9.17, 15) is 5.11 Å². The van der Waals surface area contributed by atoms with E-state index in [4.69, 9.17) is 0 Å². The third-order valence-corrected chi connectivity index (χ3v) is 4.24. The Morgan fingerprint density at radius 1 is 1.12 bits per heavy atom. The van der Waals surface area contributed by atoms with Crippen LogP contribution in [0.4, 0.5) is 0 Å². The predicted octanol–water partition coefficient (Wildman–Crippen LogP) is 3.87. The van der Waals surface area contributed by atoms with Crippen molar-refractivity contribution in [2.45, 2.75) is 19.5 Å². The fourth-order valence-electron chi connectivity index (χ4n) is 2.99. The van der Waals surface area contributed by atoms with Gasteiger partial charge >= 0.3 is 0 Å². The molecule has 3 rings (SSSR count). The zero-order valence-electron chi connectivity index (χ0n) is 14.3. The van der Waals surface area contributed by atoms with Gasteiger partial charge in [0.25, 0.3) is 0 Å². The number of likely N-dealkylation sites (N-methyl/N-ethyl adjacent to an activating group) is 1. The van der Waals surface area contributed by atoms with Crippen LogP contribution in [-0.2, 0) is 6.54 Å². The Labute approximate surface area is 143 Å². The zero-order valence-corrected chi connectivity index (χ0v) is 14.3. The molecule has 1 aromatic heterocycles. The van der Waals surface area contributed by atoms with Crippen LogP contribution in [0.1, 0.15) is 17.2 Å². The Kier molecular flexibility index (Phi) is 4.67. The van der Waals surface area contributed by atoms with Gasteiger partial charge in [0.2, 0.25) is 0 Å². The van der Waals surface area contributed by atoms with Crippen molar-refractivity contribution in [2.24, 2.45) is 0 Å². The lowest BCUT2D eigenvalue weighted by Gasteiger charge is -2.26. The largest absolute Gasteiger partial charge is 0.508 e. The molecule has 0 saturated heterocycles. The van der Waals surface area contributed by atoms with E-state index in [2.05, 4.69) is 59.7 Å². The highest BCUT2D eigenvalue weighted by atomic mass is 16.3. The number of nitrogens with zero attached hydrogens (tertiary/aromatic N) is 3. The van der Waals surface area contributed by atoms with Crippen LogP contribution in [0, 0.1) is 6.92 Å². The van der Waals surface area contributed by atoms with Crippen molar-refractivity contribution in [3.8, 4) is 17.1 Å². The molecular formula is C20H23N3O. The van der Waals surface area contributed by atoms with Crippen molar-refractivity contribution in [2.75, 3.05) is 14.1 Å². The molecular weight excluding hydrogens is 298 g/mol. The maximum atomic E-state index is 9.74. The average molecular weight is 321 g/mol. The minimum absolute atomic E-state index is 0.246. The molecule has 3 aromatic rings. The van der Waals surface area contributed by atoms with Gasteiger partial charge in [-0.1, -0.05) is 42.0 Å². The van der Waals surface area contributed by atoms with Crippen molar-refractivity contribution in [1.29, 1.82) is 0 Å². The van der Waals surface area contributed by atoms with Crippen molar-refractivity contribution in [3.63, 3.8) is 0 Å². The minimum Gasteiger partial charge on any atom is -0.508 e. The van der Waals surface area contributed by atoms with Gasteiger partial charge in [-0.15, -0.1) is 0 Å². The summed E-state index contributed by atoms with van der Waals surface area (Å²) in [6.07, 6.45) is 3.80. The predicted molar refractivity (Wildman–Crippen MR) is 96.9 cm³/mol. The highest BCUT2D eigenvalue weighted by molar-refractivity contribution is 5.57. The van der Waals surface area contributed by atoms with Gasteiger partial charge in [-0.3, -0.25) is 0 Å². The first-order valence-electron chi connectivity index (χ1n) is 8.08. The molecule has 0 aliphatic heterocycles. The number of aromatic hydroxyl groups is 1. The van der Waals surface area contributed by atoms with E-state index in [0.29, 0.717) is 0 Å². The van der Waals surface area contributed by atoms with E-state index >= 15 is 0 Å². The third kappa shape index (κ3) is 3.49. The summed E-state index contributed by atoms with van der Waals surface area (Å²) in [5, 5.41) is 9.74. The maximum Gasteiger partial charge on any atom is 0.140 e. The summed E-state index contributed by atoms with van der Waals surface area (Å²) in [7, 11) is 4.19. The number of phenols is 1. The molecule has 0 aliphatic rings. The van der Waals surface area contributed by atoms with Gasteiger partial charge in [0.15, 0.2) is 0 Å². The molecule has 0 amide bonds. The monoisotopic (exact) mass is 321 g/mol. The van der Waals surface area contributed by atoms with Crippen LogP contribution < -0.4 is 0 Å². The SMILES string of the molecule is Cc1cccc([C@@H](Cn2ccnc2-c2cccc(O)c2)N(C)C)c1.